The van der Waals surface area contributed by atoms with E-state index in [9.17, 15) is 4.79 Å². The van der Waals surface area contributed by atoms with Crippen LogP contribution in [0.25, 0.3) is 0 Å². The van der Waals surface area contributed by atoms with Crippen molar-refractivity contribution in [3.05, 3.63) is 57.8 Å². The number of hydrogen-bond acceptors (Lipinski definition) is 3. The van der Waals surface area contributed by atoms with Gasteiger partial charge in [-0.2, -0.15) is 5.10 Å². The van der Waals surface area contributed by atoms with Crippen LogP contribution in [0.1, 0.15) is 35.4 Å². The van der Waals surface area contributed by atoms with E-state index in [1.807, 2.05) is 11.4 Å². The Morgan fingerprint density at radius 3 is 2.65 bits per heavy atom. The molecule has 1 aliphatic heterocycles. The molecule has 0 saturated carbocycles. The maximum absolute atomic E-state index is 11.8. The lowest BCUT2D eigenvalue weighted by Crippen LogP contribution is -2.23. The highest BCUT2D eigenvalue weighted by molar-refractivity contribution is 7.10. The van der Waals surface area contributed by atoms with Gasteiger partial charge >= 0.3 is 0 Å². The molecule has 0 saturated heterocycles. The maximum Gasteiger partial charge on any atom is 0.240 e. The van der Waals surface area contributed by atoms with Gasteiger partial charge in [-0.05, 0) is 23.9 Å². The van der Waals surface area contributed by atoms with Gasteiger partial charge in [0.2, 0.25) is 5.91 Å². The summed E-state index contributed by atoms with van der Waals surface area (Å²) in [4.78, 5) is 13.0. The summed E-state index contributed by atoms with van der Waals surface area (Å²) in [7, 11) is 0. The van der Waals surface area contributed by atoms with Gasteiger partial charge in [0.15, 0.2) is 0 Å². The summed E-state index contributed by atoms with van der Waals surface area (Å²) in [5, 5.41) is 8.18. The van der Waals surface area contributed by atoms with Crippen LogP contribution in [0.15, 0.2) is 46.9 Å². The van der Waals surface area contributed by atoms with E-state index < -0.39 is 0 Å². The van der Waals surface area contributed by atoms with Crippen LogP contribution in [-0.4, -0.2) is 16.6 Å². The molecule has 0 fully saturated rings. The zero-order valence-electron chi connectivity index (χ0n) is 11.5. The van der Waals surface area contributed by atoms with Gasteiger partial charge in [-0.15, -0.1) is 11.3 Å². The molecule has 20 heavy (non-hydrogen) atoms. The molecule has 3 nitrogen and oxygen atoms in total. The summed E-state index contributed by atoms with van der Waals surface area (Å²) in [6, 6.07) is 12.4. The van der Waals surface area contributed by atoms with Crippen LogP contribution in [0.4, 0.5) is 0 Å². The van der Waals surface area contributed by atoms with Crippen LogP contribution < -0.4 is 0 Å². The van der Waals surface area contributed by atoms with Crippen molar-refractivity contribution >= 4 is 23.0 Å². The van der Waals surface area contributed by atoms with Gasteiger partial charge in [0.25, 0.3) is 0 Å². The van der Waals surface area contributed by atoms with E-state index in [0.29, 0.717) is 0 Å². The zero-order valence-corrected chi connectivity index (χ0v) is 12.4. The third-order valence-corrected chi connectivity index (χ3v) is 4.46. The fourth-order valence-electron chi connectivity index (χ4n) is 2.42. The first-order chi connectivity index (χ1) is 9.65. The third kappa shape index (κ3) is 2.39. The summed E-state index contributed by atoms with van der Waals surface area (Å²) in [5.74, 6) is -0.00879. The fraction of sp³-hybridized carbons (Fsp3) is 0.250. The average Bonchev–Trinajstić information content (AvgIpc) is 3.08. The molecule has 102 valence electrons. The monoisotopic (exact) mass is 284 g/mol. The van der Waals surface area contributed by atoms with Crippen molar-refractivity contribution in [2.24, 2.45) is 5.10 Å². The van der Waals surface area contributed by atoms with Crippen molar-refractivity contribution < 1.29 is 4.79 Å². The van der Waals surface area contributed by atoms with Crippen LogP contribution in [-0.2, 0) is 4.79 Å². The number of thiophene rings is 1. The van der Waals surface area contributed by atoms with Crippen molar-refractivity contribution in [3.8, 4) is 0 Å². The first-order valence-corrected chi connectivity index (χ1v) is 7.51. The second kappa shape index (κ2) is 5.21. The Balaban J connectivity index is 1.92. The topological polar surface area (TPSA) is 32.7 Å². The van der Waals surface area contributed by atoms with Crippen molar-refractivity contribution in [1.29, 1.82) is 0 Å². The Labute approximate surface area is 122 Å². The number of benzene rings is 1. The first-order valence-electron chi connectivity index (χ1n) is 6.63. The minimum atomic E-state index is -0.00879. The van der Waals surface area contributed by atoms with Gasteiger partial charge < -0.3 is 0 Å². The molecule has 0 spiro atoms. The molecular weight excluding hydrogens is 268 g/mol. The van der Waals surface area contributed by atoms with Crippen LogP contribution >= 0.6 is 11.3 Å². The van der Waals surface area contributed by atoms with Gasteiger partial charge in [-0.3, -0.25) is 4.79 Å². The lowest BCUT2D eigenvalue weighted by atomic mass is 10.0. The fourth-order valence-corrected chi connectivity index (χ4v) is 3.24. The second-order valence-corrected chi connectivity index (χ2v) is 5.99. The van der Waals surface area contributed by atoms with E-state index in [1.165, 1.54) is 10.4 Å². The van der Waals surface area contributed by atoms with E-state index in [4.69, 9.17) is 0 Å². The number of carbonyl (C=O) groups excluding carboxylic acids is 1. The van der Waals surface area contributed by atoms with Crippen molar-refractivity contribution in [2.75, 3.05) is 0 Å². The average molecular weight is 284 g/mol. The van der Waals surface area contributed by atoms with Crippen LogP contribution in [0.2, 0.25) is 0 Å². The Morgan fingerprint density at radius 2 is 2.05 bits per heavy atom. The molecule has 4 heteroatoms. The summed E-state index contributed by atoms with van der Waals surface area (Å²) < 4.78 is 0. The molecule has 3 rings (SSSR count). The number of hydrogen-bond donors (Lipinski definition) is 0. The van der Waals surface area contributed by atoms with E-state index >= 15 is 0 Å². The van der Waals surface area contributed by atoms with E-state index in [0.717, 1.165) is 17.7 Å². The minimum Gasteiger partial charge on any atom is -0.273 e. The predicted octanol–water partition coefficient (Wildman–Crippen LogP) is 3.75. The molecule has 1 aromatic heterocycles. The van der Waals surface area contributed by atoms with E-state index in [2.05, 4.69) is 42.4 Å². The first kappa shape index (κ1) is 13.1. The molecule has 1 amide bonds. The number of rotatable bonds is 2. The number of nitrogens with zero attached hydrogens (tertiary/aromatic N) is 2. The minimum absolute atomic E-state index is 0.00879. The SMILES string of the molecule is CC(=O)N1N=C(c2ccc(C)cc2)C[C@@H]1c1cccs1. The maximum atomic E-state index is 11.8. The highest BCUT2D eigenvalue weighted by Crippen LogP contribution is 2.34. The Morgan fingerprint density at radius 1 is 1.30 bits per heavy atom. The molecule has 1 aromatic carbocycles. The van der Waals surface area contributed by atoms with Crippen molar-refractivity contribution in [2.45, 2.75) is 26.3 Å². The molecule has 0 bridgehead atoms. The van der Waals surface area contributed by atoms with Crippen LogP contribution in [0.5, 0.6) is 0 Å². The lowest BCUT2D eigenvalue weighted by molar-refractivity contribution is -0.130. The molecule has 1 atom stereocenters. The lowest BCUT2D eigenvalue weighted by Gasteiger charge is -2.18. The smallest absolute Gasteiger partial charge is 0.240 e. The van der Waals surface area contributed by atoms with Gasteiger partial charge in [0.05, 0.1) is 11.8 Å². The Kier molecular flexibility index (Phi) is 3.40. The van der Waals surface area contributed by atoms with E-state index in [-0.39, 0.29) is 11.9 Å². The molecule has 2 heterocycles. The number of aryl methyl sites for hydroxylation is 1. The van der Waals surface area contributed by atoms with Gasteiger partial charge in [-0.25, -0.2) is 5.01 Å². The van der Waals surface area contributed by atoms with Crippen molar-refractivity contribution in [1.82, 2.24) is 5.01 Å². The standard InChI is InChI=1S/C16H16N2OS/c1-11-5-7-13(8-6-11)14-10-15(16-4-3-9-20-16)18(17-14)12(2)19/h3-9,15H,10H2,1-2H3/t15-/m1/s1. The molecule has 0 unspecified atom stereocenters. The number of hydrazone groups is 1. The quantitative estimate of drug-likeness (QED) is 0.826. The van der Waals surface area contributed by atoms with E-state index in [1.54, 1.807) is 23.3 Å². The normalized spacial score (nSPS) is 18.2. The van der Waals surface area contributed by atoms with Crippen molar-refractivity contribution in [3.63, 3.8) is 0 Å². The molecule has 0 aliphatic carbocycles. The summed E-state index contributed by atoms with van der Waals surface area (Å²) >= 11 is 1.67. The number of amides is 1. The molecule has 1 aliphatic rings. The largest absolute Gasteiger partial charge is 0.273 e. The van der Waals surface area contributed by atoms with Gasteiger partial charge in [0, 0.05) is 18.2 Å². The summed E-state index contributed by atoms with van der Waals surface area (Å²) in [5.41, 5.74) is 3.31. The highest BCUT2D eigenvalue weighted by Gasteiger charge is 2.31. The van der Waals surface area contributed by atoms with Gasteiger partial charge in [-0.1, -0.05) is 35.9 Å². The Hall–Kier alpha value is -1.94. The molecule has 0 N–H and O–H groups in total. The number of carbonyl (C=O) groups is 1. The second-order valence-electron chi connectivity index (χ2n) is 5.01. The molecule has 2 aromatic rings. The predicted molar refractivity (Wildman–Crippen MR) is 81.9 cm³/mol. The molecule has 0 radical (unpaired) electrons. The zero-order chi connectivity index (χ0) is 14.1. The van der Waals surface area contributed by atoms with Crippen LogP contribution in [0.3, 0.4) is 0 Å². The Bertz CT molecular complexity index is 644. The third-order valence-electron chi connectivity index (χ3n) is 3.49. The van der Waals surface area contributed by atoms with Crippen LogP contribution in [0, 0.1) is 6.92 Å². The summed E-state index contributed by atoms with van der Waals surface area (Å²) in [6.07, 6.45) is 0.781. The van der Waals surface area contributed by atoms with Gasteiger partial charge in [0.1, 0.15) is 0 Å². The highest BCUT2D eigenvalue weighted by atomic mass is 32.1. The summed E-state index contributed by atoms with van der Waals surface area (Å²) in [6.45, 7) is 3.64. The molecular formula is C16H16N2OS.